The highest BCUT2D eigenvalue weighted by atomic mass is 16.5. The zero-order valence-electron chi connectivity index (χ0n) is 11.2. The van der Waals surface area contributed by atoms with Crippen molar-refractivity contribution < 1.29 is 4.74 Å². The first-order valence-electron chi connectivity index (χ1n) is 6.95. The van der Waals surface area contributed by atoms with Gasteiger partial charge in [0.1, 0.15) is 0 Å². The summed E-state index contributed by atoms with van der Waals surface area (Å²) in [6.07, 6.45) is 3.73. The molecule has 0 bridgehead atoms. The highest BCUT2D eigenvalue weighted by Crippen LogP contribution is 2.23. The molecule has 1 aliphatic carbocycles. The van der Waals surface area contributed by atoms with Crippen LogP contribution in [0.15, 0.2) is 24.3 Å². The molecule has 0 amide bonds. The summed E-state index contributed by atoms with van der Waals surface area (Å²) in [5.41, 5.74) is 8.38. The van der Waals surface area contributed by atoms with Gasteiger partial charge in [0, 0.05) is 19.2 Å². The molecule has 0 saturated heterocycles. The molecular formula is C15H24N2O. The minimum absolute atomic E-state index is 0.479. The number of nitrogens with two attached hydrogens (primary N) is 1. The molecule has 1 saturated carbocycles. The average Bonchev–Trinajstić information content (AvgIpc) is 2.34. The highest BCUT2D eigenvalue weighted by Gasteiger charge is 2.28. The first-order chi connectivity index (χ1) is 8.83. The van der Waals surface area contributed by atoms with Crippen LogP contribution in [0.2, 0.25) is 0 Å². The van der Waals surface area contributed by atoms with E-state index in [1.54, 1.807) is 0 Å². The van der Waals surface area contributed by atoms with Gasteiger partial charge in [0.15, 0.2) is 0 Å². The predicted octanol–water partition coefficient (Wildman–Crippen LogP) is 1.84. The number of ether oxygens (including phenoxy) is 1. The second kappa shape index (κ2) is 6.88. The Morgan fingerprint density at radius 1 is 1.28 bits per heavy atom. The summed E-state index contributed by atoms with van der Waals surface area (Å²) in [6.45, 7) is 4.55. The van der Waals surface area contributed by atoms with E-state index in [9.17, 15) is 0 Å². The van der Waals surface area contributed by atoms with Gasteiger partial charge in [-0.05, 0) is 43.9 Å². The van der Waals surface area contributed by atoms with Crippen molar-refractivity contribution in [2.24, 2.45) is 5.73 Å². The minimum Gasteiger partial charge on any atom is -0.378 e. The lowest BCUT2D eigenvalue weighted by Crippen LogP contribution is -2.45. The molecule has 1 aromatic carbocycles. The van der Waals surface area contributed by atoms with Crippen LogP contribution in [-0.4, -0.2) is 25.3 Å². The molecule has 0 radical (unpaired) electrons. The Morgan fingerprint density at radius 3 is 2.67 bits per heavy atom. The van der Waals surface area contributed by atoms with Crippen LogP contribution in [0.1, 0.15) is 30.9 Å². The smallest absolute Gasteiger partial charge is 0.0604 e. The Kier molecular flexibility index (Phi) is 5.17. The predicted molar refractivity (Wildman–Crippen MR) is 74.5 cm³/mol. The average molecular weight is 248 g/mol. The summed E-state index contributed by atoms with van der Waals surface area (Å²) in [5.74, 6) is 0. The largest absolute Gasteiger partial charge is 0.378 e. The maximum atomic E-state index is 5.64. The molecule has 18 heavy (non-hydrogen) atoms. The Hall–Kier alpha value is -0.900. The van der Waals surface area contributed by atoms with Crippen molar-refractivity contribution >= 4 is 0 Å². The highest BCUT2D eigenvalue weighted by molar-refractivity contribution is 5.27. The fourth-order valence-electron chi connectivity index (χ4n) is 2.49. The summed E-state index contributed by atoms with van der Waals surface area (Å²) in [7, 11) is 0. The molecule has 1 aromatic rings. The molecule has 3 nitrogen and oxygen atoms in total. The third-order valence-electron chi connectivity index (χ3n) is 3.61. The quantitative estimate of drug-likeness (QED) is 0.774. The monoisotopic (exact) mass is 248 g/mol. The Morgan fingerprint density at radius 2 is 2.00 bits per heavy atom. The molecule has 0 aliphatic heterocycles. The lowest BCUT2D eigenvalue weighted by molar-refractivity contribution is -0.0102. The third-order valence-corrected chi connectivity index (χ3v) is 3.61. The van der Waals surface area contributed by atoms with Gasteiger partial charge in [-0.25, -0.2) is 0 Å². The molecule has 2 rings (SSSR count). The second-order valence-corrected chi connectivity index (χ2v) is 4.93. The molecule has 3 heteroatoms. The molecule has 0 atom stereocenters. The van der Waals surface area contributed by atoms with Gasteiger partial charge in [0.25, 0.3) is 0 Å². The number of nitrogens with one attached hydrogen (secondary N) is 1. The number of hydrogen-bond acceptors (Lipinski definition) is 3. The van der Waals surface area contributed by atoms with Crippen LogP contribution in [0.5, 0.6) is 0 Å². The van der Waals surface area contributed by atoms with Gasteiger partial charge in [0.2, 0.25) is 0 Å². The summed E-state index contributed by atoms with van der Waals surface area (Å²) >= 11 is 0. The van der Waals surface area contributed by atoms with Gasteiger partial charge < -0.3 is 15.8 Å². The van der Waals surface area contributed by atoms with E-state index in [-0.39, 0.29) is 0 Å². The molecule has 0 aromatic heterocycles. The van der Waals surface area contributed by atoms with Crippen molar-refractivity contribution in [2.75, 3.05) is 13.2 Å². The number of rotatable bonds is 7. The molecule has 3 N–H and O–H groups in total. The van der Waals surface area contributed by atoms with Gasteiger partial charge in [-0.1, -0.05) is 24.3 Å². The van der Waals surface area contributed by atoms with Crippen LogP contribution in [0.4, 0.5) is 0 Å². The number of benzene rings is 1. The topological polar surface area (TPSA) is 47.3 Å². The van der Waals surface area contributed by atoms with Crippen LogP contribution in [0, 0.1) is 0 Å². The Balaban J connectivity index is 1.77. The Labute approximate surface area is 110 Å². The maximum absolute atomic E-state index is 5.64. The minimum atomic E-state index is 0.479. The second-order valence-electron chi connectivity index (χ2n) is 4.93. The van der Waals surface area contributed by atoms with Gasteiger partial charge in [-0.2, -0.15) is 0 Å². The van der Waals surface area contributed by atoms with E-state index >= 15 is 0 Å². The van der Waals surface area contributed by atoms with E-state index in [1.807, 2.05) is 0 Å². The van der Waals surface area contributed by atoms with Gasteiger partial charge in [-0.3, -0.25) is 0 Å². The van der Waals surface area contributed by atoms with Crippen LogP contribution < -0.4 is 11.1 Å². The van der Waals surface area contributed by atoms with Gasteiger partial charge >= 0.3 is 0 Å². The number of hydrogen-bond donors (Lipinski definition) is 2. The molecule has 0 unspecified atom stereocenters. The van der Waals surface area contributed by atoms with Crippen LogP contribution in [0.25, 0.3) is 0 Å². The van der Waals surface area contributed by atoms with Crippen LogP contribution >= 0.6 is 0 Å². The van der Waals surface area contributed by atoms with Crippen molar-refractivity contribution in [3.05, 3.63) is 35.4 Å². The molecule has 0 spiro atoms. The summed E-state index contributed by atoms with van der Waals surface area (Å²) in [5, 5.41) is 3.60. The van der Waals surface area contributed by atoms with E-state index in [2.05, 4.69) is 36.5 Å². The fourth-order valence-corrected chi connectivity index (χ4v) is 2.49. The fraction of sp³-hybridized carbons (Fsp3) is 0.600. The molecule has 100 valence electrons. The molecule has 0 heterocycles. The standard InChI is InChI=1S/C15H24N2O/c1-2-18-15-9-14(10-15)17-11-13-6-4-3-5-12(13)7-8-16/h3-6,14-15,17H,2,7-11,16H2,1H3. The first kappa shape index (κ1) is 13.5. The van der Waals surface area contributed by atoms with E-state index in [4.69, 9.17) is 10.5 Å². The van der Waals surface area contributed by atoms with E-state index in [1.165, 1.54) is 11.1 Å². The lowest BCUT2D eigenvalue weighted by Gasteiger charge is -2.35. The SMILES string of the molecule is CCOC1CC(NCc2ccccc2CCN)C1. The molecule has 1 fully saturated rings. The van der Waals surface area contributed by atoms with Gasteiger partial charge in [-0.15, -0.1) is 0 Å². The first-order valence-corrected chi connectivity index (χ1v) is 6.95. The third kappa shape index (κ3) is 3.55. The summed E-state index contributed by atoms with van der Waals surface area (Å²) in [4.78, 5) is 0. The molecule has 1 aliphatic rings. The summed E-state index contributed by atoms with van der Waals surface area (Å²) < 4.78 is 5.57. The van der Waals surface area contributed by atoms with Crippen molar-refractivity contribution in [1.82, 2.24) is 5.32 Å². The normalized spacial score (nSPS) is 22.8. The van der Waals surface area contributed by atoms with Crippen molar-refractivity contribution in [2.45, 2.75) is 44.9 Å². The Bertz CT molecular complexity index is 361. The van der Waals surface area contributed by atoms with E-state index < -0.39 is 0 Å². The summed E-state index contributed by atoms with van der Waals surface area (Å²) in [6, 6.07) is 9.17. The van der Waals surface area contributed by atoms with Crippen molar-refractivity contribution in [3.8, 4) is 0 Å². The zero-order chi connectivity index (χ0) is 12.8. The van der Waals surface area contributed by atoms with E-state index in [0.29, 0.717) is 18.7 Å². The lowest BCUT2D eigenvalue weighted by atomic mass is 9.89. The van der Waals surface area contributed by atoms with Crippen LogP contribution in [-0.2, 0) is 17.7 Å². The maximum Gasteiger partial charge on any atom is 0.0604 e. The van der Waals surface area contributed by atoms with Crippen molar-refractivity contribution in [3.63, 3.8) is 0 Å². The molecular weight excluding hydrogens is 224 g/mol. The zero-order valence-corrected chi connectivity index (χ0v) is 11.2. The van der Waals surface area contributed by atoms with Crippen molar-refractivity contribution in [1.29, 1.82) is 0 Å². The van der Waals surface area contributed by atoms with Gasteiger partial charge in [0.05, 0.1) is 6.10 Å². The van der Waals surface area contributed by atoms with Crippen LogP contribution in [0.3, 0.4) is 0 Å². The van der Waals surface area contributed by atoms with E-state index in [0.717, 1.165) is 32.4 Å².